The van der Waals surface area contributed by atoms with E-state index in [0.717, 1.165) is 44.3 Å². The molecule has 8 nitrogen and oxygen atoms in total. The summed E-state index contributed by atoms with van der Waals surface area (Å²) in [5, 5.41) is 4.07. The summed E-state index contributed by atoms with van der Waals surface area (Å²) in [4.78, 5) is 12.5. The van der Waals surface area contributed by atoms with E-state index in [1.807, 2.05) is 26.0 Å². The van der Waals surface area contributed by atoms with Crippen LogP contribution in [0.1, 0.15) is 28.1 Å². The number of para-hydroxylation sites is 1. The molecule has 0 aliphatic heterocycles. The molecule has 0 radical (unpaired) electrons. The molecule has 0 fully saturated rings. The van der Waals surface area contributed by atoms with E-state index in [1.54, 1.807) is 30.5 Å². The van der Waals surface area contributed by atoms with Crippen molar-refractivity contribution in [3.63, 3.8) is 0 Å². The van der Waals surface area contributed by atoms with Gasteiger partial charge < -0.3 is 9.30 Å². The first-order valence-corrected chi connectivity index (χ1v) is 12.6. The molecule has 1 amide bonds. The molecule has 0 saturated heterocycles. The van der Waals surface area contributed by atoms with Crippen LogP contribution in [0.3, 0.4) is 0 Å². The van der Waals surface area contributed by atoms with Crippen LogP contribution in [0.2, 0.25) is 0 Å². The number of rotatable bonds is 8. The van der Waals surface area contributed by atoms with E-state index in [1.165, 1.54) is 7.11 Å². The van der Waals surface area contributed by atoms with E-state index in [-0.39, 0.29) is 0 Å². The highest BCUT2D eigenvalue weighted by Gasteiger charge is 2.21. The summed E-state index contributed by atoms with van der Waals surface area (Å²) in [5.41, 5.74) is 9.11. The number of anilines is 1. The number of hydrogen-bond acceptors (Lipinski definition) is 5. The summed E-state index contributed by atoms with van der Waals surface area (Å²) in [6.45, 7) is 7.75. The van der Waals surface area contributed by atoms with Crippen molar-refractivity contribution >= 4 is 27.8 Å². The first kappa shape index (κ1) is 25.0. The number of amides is 1. The molecule has 34 heavy (non-hydrogen) atoms. The average Bonchev–Trinajstić information content (AvgIpc) is 3.04. The number of ether oxygens (including phenoxy) is 1. The lowest BCUT2D eigenvalue weighted by Crippen LogP contribution is -2.39. The summed E-state index contributed by atoms with van der Waals surface area (Å²) < 4.78 is 32.9. The highest BCUT2D eigenvalue weighted by Crippen LogP contribution is 2.25. The van der Waals surface area contributed by atoms with Crippen molar-refractivity contribution in [2.75, 3.05) is 24.2 Å². The number of aryl methyl sites for hydroxylation is 3. The Morgan fingerprint density at radius 1 is 1.09 bits per heavy atom. The molecule has 3 aromatic rings. The fourth-order valence-electron chi connectivity index (χ4n) is 3.93. The van der Waals surface area contributed by atoms with Crippen LogP contribution in [0, 0.1) is 27.7 Å². The molecule has 1 heterocycles. The summed E-state index contributed by atoms with van der Waals surface area (Å²) >= 11 is 0. The molecule has 0 aliphatic carbocycles. The van der Waals surface area contributed by atoms with E-state index in [2.05, 4.69) is 41.1 Å². The Balaban J connectivity index is 1.78. The number of aromatic nitrogens is 1. The number of benzene rings is 2. The SMILES string of the molecule is COc1cccc(N(CC(=O)N/N=C\c2cc(C)n(-c3c(C)cccc3C)c2C)S(C)(=O)=O)c1. The van der Waals surface area contributed by atoms with Gasteiger partial charge in [0.25, 0.3) is 5.91 Å². The van der Waals surface area contributed by atoms with Crippen LogP contribution in [0.25, 0.3) is 5.69 Å². The Hall–Kier alpha value is -3.59. The van der Waals surface area contributed by atoms with Crippen LogP contribution in [0.5, 0.6) is 5.75 Å². The third kappa shape index (κ3) is 5.48. The highest BCUT2D eigenvalue weighted by atomic mass is 32.2. The zero-order valence-electron chi connectivity index (χ0n) is 20.3. The van der Waals surface area contributed by atoms with E-state index in [0.29, 0.717) is 11.4 Å². The van der Waals surface area contributed by atoms with E-state index >= 15 is 0 Å². The first-order chi connectivity index (χ1) is 16.0. The lowest BCUT2D eigenvalue weighted by atomic mass is 10.1. The molecule has 1 N–H and O–H groups in total. The number of carbonyl (C=O) groups is 1. The standard InChI is InChI=1S/C25H30N4O4S/c1-17-9-7-10-18(2)25(17)29-19(3)13-21(20(29)4)15-26-27-24(30)16-28(34(6,31)32)22-11-8-12-23(14-22)33-5/h7-15H,16H2,1-6H3,(H,27,30)/b26-15-. The maximum atomic E-state index is 12.5. The third-order valence-electron chi connectivity index (χ3n) is 5.56. The summed E-state index contributed by atoms with van der Waals surface area (Å²) in [6.07, 6.45) is 2.62. The van der Waals surface area contributed by atoms with Crippen molar-refractivity contribution in [2.24, 2.45) is 5.10 Å². The molecular formula is C25H30N4O4S. The number of methoxy groups -OCH3 is 1. The smallest absolute Gasteiger partial charge is 0.260 e. The van der Waals surface area contributed by atoms with E-state index < -0.39 is 22.5 Å². The second-order valence-corrected chi connectivity index (χ2v) is 10.1. The van der Waals surface area contributed by atoms with E-state index in [9.17, 15) is 13.2 Å². The molecule has 0 unspecified atom stereocenters. The molecule has 0 bridgehead atoms. The molecule has 3 rings (SSSR count). The van der Waals surface area contributed by atoms with Crippen molar-refractivity contribution in [2.45, 2.75) is 27.7 Å². The molecule has 0 spiro atoms. The van der Waals surface area contributed by atoms with E-state index in [4.69, 9.17) is 4.74 Å². The molecule has 9 heteroatoms. The van der Waals surface area contributed by atoms with Gasteiger partial charge in [0.2, 0.25) is 10.0 Å². The minimum Gasteiger partial charge on any atom is -0.497 e. The molecule has 180 valence electrons. The monoisotopic (exact) mass is 482 g/mol. The molecule has 1 aromatic heterocycles. The fraction of sp³-hybridized carbons (Fsp3) is 0.280. The van der Waals surface area contributed by atoms with Gasteiger partial charge >= 0.3 is 0 Å². The number of nitrogens with one attached hydrogen (secondary N) is 1. The predicted molar refractivity (Wildman–Crippen MR) is 136 cm³/mol. The van der Waals surface area contributed by atoms with Gasteiger partial charge in [-0.25, -0.2) is 13.8 Å². The topological polar surface area (TPSA) is 93.0 Å². The summed E-state index contributed by atoms with van der Waals surface area (Å²) in [7, 11) is -2.21. The largest absolute Gasteiger partial charge is 0.497 e. The van der Waals surface area contributed by atoms with Crippen LogP contribution in [-0.2, 0) is 14.8 Å². The molecule has 0 saturated carbocycles. The van der Waals surface area contributed by atoms with Crippen molar-refractivity contribution in [3.8, 4) is 11.4 Å². The van der Waals surface area contributed by atoms with Gasteiger partial charge in [0.05, 0.1) is 31.0 Å². The van der Waals surface area contributed by atoms with Crippen LogP contribution in [0.4, 0.5) is 5.69 Å². The minimum absolute atomic E-state index is 0.332. The van der Waals surface area contributed by atoms with Gasteiger partial charge in [-0.15, -0.1) is 0 Å². The maximum absolute atomic E-state index is 12.5. The second-order valence-electron chi connectivity index (χ2n) is 8.17. The Morgan fingerprint density at radius 3 is 2.35 bits per heavy atom. The van der Waals surface area contributed by atoms with Crippen molar-refractivity contribution in [1.82, 2.24) is 9.99 Å². The van der Waals surface area contributed by atoms with Gasteiger partial charge in [-0.2, -0.15) is 5.10 Å². The average molecular weight is 483 g/mol. The highest BCUT2D eigenvalue weighted by molar-refractivity contribution is 7.92. The molecule has 0 atom stereocenters. The number of sulfonamides is 1. The van der Waals surface area contributed by atoms with Crippen LogP contribution >= 0.6 is 0 Å². The maximum Gasteiger partial charge on any atom is 0.260 e. The number of hydrogen-bond donors (Lipinski definition) is 1. The summed E-state index contributed by atoms with van der Waals surface area (Å²) in [5.74, 6) is -0.0723. The zero-order chi connectivity index (χ0) is 25.0. The van der Waals surface area contributed by atoms with Gasteiger partial charge in [-0.05, 0) is 57.0 Å². The van der Waals surface area contributed by atoms with Crippen LogP contribution in [-0.4, -0.2) is 45.0 Å². The molecule has 2 aromatic carbocycles. The van der Waals surface area contributed by atoms with Crippen molar-refractivity contribution in [3.05, 3.63) is 76.6 Å². The number of hydrazone groups is 1. The second kappa shape index (κ2) is 10.1. The lowest BCUT2D eigenvalue weighted by molar-refractivity contribution is -0.119. The Bertz CT molecular complexity index is 1320. The van der Waals surface area contributed by atoms with Crippen molar-refractivity contribution in [1.29, 1.82) is 0 Å². The Morgan fingerprint density at radius 2 is 1.74 bits per heavy atom. The van der Waals surface area contributed by atoms with Gasteiger partial charge in [0.1, 0.15) is 12.3 Å². The van der Waals surface area contributed by atoms with Crippen LogP contribution < -0.4 is 14.5 Å². The molecule has 0 aliphatic rings. The zero-order valence-corrected chi connectivity index (χ0v) is 21.1. The van der Waals surface area contributed by atoms with Gasteiger partial charge in [-0.3, -0.25) is 9.10 Å². The Kier molecular flexibility index (Phi) is 7.46. The first-order valence-electron chi connectivity index (χ1n) is 10.7. The van der Waals surface area contributed by atoms with Gasteiger partial charge in [0, 0.05) is 23.0 Å². The van der Waals surface area contributed by atoms with Crippen LogP contribution in [0.15, 0.2) is 53.6 Å². The number of nitrogens with zero attached hydrogens (tertiary/aromatic N) is 3. The Labute approximate surface area is 200 Å². The number of carbonyl (C=O) groups excluding carboxylic acids is 1. The summed E-state index contributed by atoms with van der Waals surface area (Å²) in [6, 6.07) is 14.7. The van der Waals surface area contributed by atoms with Gasteiger partial charge in [-0.1, -0.05) is 24.3 Å². The quantitative estimate of drug-likeness (QED) is 0.392. The van der Waals surface area contributed by atoms with Gasteiger partial charge in [0.15, 0.2) is 0 Å². The normalized spacial score (nSPS) is 11.6. The minimum atomic E-state index is -3.70. The predicted octanol–water partition coefficient (Wildman–Crippen LogP) is 3.64. The molecular weight excluding hydrogens is 452 g/mol. The lowest BCUT2D eigenvalue weighted by Gasteiger charge is -2.21. The third-order valence-corrected chi connectivity index (χ3v) is 6.70. The fourth-order valence-corrected chi connectivity index (χ4v) is 4.77. The van der Waals surface area contributed by atoms with Crippen molar-refractivity contribution < 1.29 is 17.9 Å².